The van der Waals surface area contributed by atoms with Gasteiger partial charge in [0.1, 0.15) is 11.6 Å². The van der Waals surface area contributed by atoms with Gasteiger partial charge in [-0.2, -0.15) is 5.26 Å². The summed E-state index contributed by atoms with van der Waals surface area (Å²) >= 11 is 0. The molecule has 2 rings (SSSR count). The number of rotatable bonds is 4. The van der Waals surface area contributed by atoms with E-state index < -0.39 is 0 Å². The summed E-state index contributed by atoms with van der Waals surface area (Å²) in [7, 11) is 1.51. The van der Waals surface area contributed by atoms with Gasteiger partial charge >= 0.3 is 0 Å². The van der Waals surface area contributed by atoms with E-state index in [2.05, 4.69) is 4.98 Å². The Bertz CT molecular complexity index is 663. The van der Waals surface area contributed by atoms with Crippen molar-refractivity contribution in [2.45, 2.75) is 13.5 Å². The molecule has 20 heavy (non-hydrogen) atoms. The zero-order valence-electron chi connectivity index (χ0n) is 11.3. The Morgan fingerprint density at radius 3 is 2.70 bits per heavy atom. The Balaban J connectivity index is 2.40. The Kier molecular flexibility index (Phi) is 4.18. The van der Waals surface area contributed by atoms with Gasteiger partial charge in [0.05, 0.1) is 13.7 Å². The minimum atomic E-state index is -0.0806. The van der Waals surface area contributed by atoms with Gasteiger partial charge in [0.2, 0.25) is 5.88 Å². The molecule has 5 heteroatoms. The molecule has 0 saturated heterocycles. The van der Waals surface area contributed by atoms with Crippen molar-refractivity contribution < 1.29 is 14.6 Å². The quantitative estimate of drug-likeness (QED) is 0.924. The maximum atomic E-state index is 9.10. The van der Waals surface area contributed by atoms with Crippen LogP contribution in [0.25, 0.3) is 0 Å². The van der Waals surface area contributed by atoms with Gasteiger partial charge in [-0.3, -0.25) is 0 Å². The molecule has 0 spiro atoms. The summed E-state index contributed by atoms with van der Waals surface area (Å²) in [6, 6.07) is 10.5. The lowest BCUT2D eigenvalue weighted by atomic mass is 10.2. The highest BCUT2D eigenvalue weighted by molar-refractivity contribution is 5.47. The molecule has 0 aliphatic carbocycles. The number of aromatic nitrogens is 1. The first-order valence-corrected chi connectivity index (χ1v) is 6.01. The summed E-state index contributed by atoms with van der Waals surface area (Å²) in [5.41, 5.74) is 1.82. The summed E-state index contributed by atoms with van der Waals surface area (Å²) in [6.07, 6.45) is 0. The van der Waals surface area contributed by atoms with Crippen molar-refractivity contribution >= 4 is 0 Å². The first-order valence-electron chi connectivity index (χ1n) is 6.01. The number of aliphatic hydroxyl groups excluding tert-OH is 1. The Labute approximate surface area is 117 Å². The third kappa shape index (κ3) is 2.87. The zero-order chi connectivity index (χ0) is 14.5. The van der Waals surface area contributed by atoms with Crippen LogP contribution in [0.4, 0.5) is 0 Å². The molecule has 0 saturated carbocycles. The van der Waals surface area contributed by atoms with Crippen LogP contribution in [0.3, 0.4) is 0 Å². The molecule has 0 aliphatic heterocycles. The highest BCUT2D eigenvalue weighted by Gasteiger charge is 2.11. The predicted molar refractivity (Wildman–Crippen MR) is 72.7 cm³/mol. The first-order chi connectivity index (χ1) is 9.67. The molecule has 0 amide bonds. The molecule has 2 aromatic rings. The van der Waals surface area contributed by atoms with E-state index in [0.29, 0.717) is 22.6 Å². The number of nitrogens with zero attached hydrogens (tertiary/aromatic N) is 2. The lowest BCUT2D eigenvalue weighted by Gasteiger charge is -2.11. The fourth-order valence-corrected chi connectivity index (χ4v) is 1.69. The summed E-state index contributed by atoms with van der Waals surface area (Å²) in [5.74, 6) is 1.16. The van der Waals surface area contributed by atoms with E-state index in [-0.39, 0.29) is 12.5 Å². The SMILES string of the molecule is COc1cc(CO)ccc1Oc1nc(C)ccc1C#N. The molecular formula is C15H14N2O3. The van der Waals surface area contributed by atoms with Crippen LogP contribution in [0.1, 0.15) is 16.8 Å². The predicted octanol–water partition coefficient (Wildman–Crippen LogP) is 2.55. The molecule has 1 heterocycles. The molecule has 0 bridgehead atoms. The van der Waals surface area contributed by atoms with Crippen molar-refractivity contribution in [1.82, 2.24) is 4.98 Å². The molecule has 102 valence electrons. The molecule has 0 atom stereocenters. The standard InChI is InChI=1S/C15H14N2O3/c1-10-3-5-12(8-16)15(17-10)20-13-6-4-11(9-18)7-14(13)19-2/h3-7,18H,9H2,1-2H3. The second-order valence-corrected chi connectivity index (χ2v) is 4.16. The number of pyridine rings is 1. The Morgan fingerprint density at radius 1 is 1.25 bits per heavy atom. The topological polar surface area (TPSA) is 75.4 Å². The Hall–Kier alpha value is -2.58. The average molecular weight is 270 g/mol. The Morgan fingerprint density at radius 2 is 2.05 bits per heavy atom. The lowest BCUT2D eigenvalue weighted by Crippen LogP contribution is -1.97. The van der Waals surface area contributed by atoms with E-state index in [1.54, 1.807) is 30.3 Å². The van der Waals surface area contributed by atoms with Crippen molar-refractivity contribution in [1.29, 1.82) is 5.26 Å². The van der Waals surface area contributed by atoms with Crippen LogP contribution in [-0.4, -0.2) is 17.2 Å². The van der Waals surface area contributed by atoms with Crippen LogP contribution in [0.2, 0.25) is 0 Å². The fraction of sp³-hybridized carbons (Fsp3) is 0.200. The first kappa shape index (κ1) is 13.8. The number of methoxy groups -OCH3 is 1. The number of benzene rings is 1. The van der Waals surface area contributed by atoms with E-state index >= 15 is 0 Å². The van der Waals surface area contributed by atoms with Crippen molar-refractivity contribution in [2.75, 3.05) is 7.11 Å². The van der Waals surface area contributed by atoms with E-state index in [0.717, 1.165) is 5.69 Å². The van der Waals surface area contributed by atoms with E-state index in [4.69, 9.17) is 19.8 Å². The van der Waals surface area contributed by atoms with Gasteiger partial charge in [-0.15, -0.1) is 0 Å². The maximum Gasteiger partial charge on any atom is 0.237 e. The van der Waals surface area contributed by atoms with Gasteiger partial charge in [0.25, 0.3) is 0 Å². The zero-order valence-corrected chi connectivity index (χ0v) is 11.3. The fourth-order valence-electron chi connectivity index (χ4n) is 1.69. The van der Waals surface area contributed by atoms with Crippen LogP contribution in [0.15, 0.2) is 30.3 Å². The molecule has 5 nitrogen and oxygen atoms in total. The smallest absolute Gasteiger partial charge is 0.237 e. The van der Waals surface area contributed by atoms with Gasteiger partial charge in [0, 0.05) is 5.69 Å². The molecule has 1 N–H and O–H groups in total. The van der Waals surface area contributed by atoms with Crippen LogP contribution in [-0.2, 0) is 6.61 Å². The number of ether oxygens (including phenoxy) is 2. The minimum absolute atomic E-state index is 0.0806. The third-order valence-electron chi connectivity index (χ3n) is 2.74. The van der Waals surface area contributed by atoms with Gasteiger partial charge in [-0.25, -0.2) is 4.98 Å². The van der Waals surface area contributed by atoms with Crippen molar-refractivity contribution in [2.24, 2.45) is 0 Å². The number of hydrogen-bond acceptors (Lipinski definition) is 5. The van der Waals surface area contributed by atoms with Crippen LogP contribution < -0.4 is 9.47 Å². The maximum absolute atomic E-state index is 9.10. The average Bonchev–Trinajstić information content (AvgIpc) is 2.48. The molecule has 0 aliphatic rings. The van der Waals surface area contributed by atoms with Gasteiger partial charge in [0.15, 0.2) is 11.5 Å². The summed E-state index contributed by atoms with van der Waals surface area (Å²) in [4.78, 5) is 4.21. The highest BCUT2D eigenvalue weighted by atomic mass is 16.5. The van der Waals surface area contributed by atoms with Gasteiger partial charge < -0.3 is 14.6 Å². The van der Waals surface area contributed by atoms with Crippen molar-refractivity contribution in [3.8, 4) is 23.4 Å². The summed E-state index contributed by atoms with van der Waals surface area (Å²) in [6.45, 7) is 1.74. The number of hydrogen-bond donors (Lipinski definition) is 1. The molecule has 0 unspecified atom stereocenters. The minimum Gasteiger partial charge on any atom is -0.493 e. The normalized spacial score (nSPS) is 9.90. The highest BCUT2D eigenvalue weighted by Crippen LogP contribution is 2.32. The van der Waals surface area contributed by atoms with Crippen LogP contribution >= 0.6 is 0 Å². The lowest BCUT2D eigenvalue weighted by molar-refractivity contribution is 0.280. The molecule has 0 radical (unpaired) electrons. The number of nitriles is 1. The molecule has 1 aromatic carbocycles. The summed E-state index contributed by atoms with van der Waals surface area (Å²) < 4.78 is 10.9. The largest absolute Gasteiger partial charge is 0.493 e. The third-order valence-corrected chi connectivity index (χ3v) is 2.74. The molecule has 0 fully saturated rings. The van der Waals surface area contributed by atoms with E-state index in [1.165, 1.54) is 7.11 Å². The van der Waals surface area contributed by atoms with Gasteiger partial charge in [-0.1, -0.05) is 6.07 Å². The number of aryl methyl sites for hydroxylation is 1. The molecule has 1 aromatic heterocycles. The monoisotopic (exact) mass is 270 g/mol. The summed E-state index contributed by atoms with van der Waals surface area (Å²) in [5, 5.41) is 18.2. The second-order valence-electron chi connectivity index (χ2n) is 4.16. The van der Waals surface area contributed by atoms with Crippen LogP contribution in [0.5, 0.6) is 17.4 Å². The second kappa shape index (κ2) is 6.04. The van der Waals surface area contributed by atoms with Crippen LogP contribution in [0, 0.1) is 18.3 Å². The number of aliphatic hydroxyl groups is 1. The van der Waals surface area contributed by atoms with Crippen molar-refractivity contribution in [3.05, 3.63) is 47.2 Å². The van der Waals surface area contributed by atoms with Crippen molar-refractivity contribution in [3.63, 3.8) is 0 Å². The molecular weight excluding hydrogens is 256 g/mol. The van der Waals surface area contributed by atoms with E-state index in [1.807, 2.05) is 13.0 Å². The van der Waals surface area contributed by atoms with E-state index in [9.17, 15) is 0 Å². The van der Waals surface area contributed by atoms with Gasteiger partial charge in [-0.05, 0) is 36.8 Å².